The number of carbonyl (C=O) groups is 3. The van der Waals surface area contributed by atoms with Crippen LogP contribution in [0.1, 0.15) is 12.0 Å². The zero-order valence-corrected chi connectivity index (χ0v) is 17.6. The van der Waals surface area contributed by atoms with E-state index in [1.54, 1.807) is 30.3 Å². The summed E-state index contributed by atoms with van der Waals surface area (Å²) in [4.78, 5) is 38.2. The normalized spacial score (nSPS) is 16.1. The Hall–Kier alpha value is -2.28. The van der Waals surface area contributed by atoms with E-state index in [4.69, 9.17) is 39.5 Å². The molecule has 9 heteroatoms. The molecule has 0 unspecified atom stereocenters. The maximum atomic E-state index is 12.4. The maximum Gasteiger partial charge on any atom is 0.311 e. The lowest BCUT2D eigenvalue weighted by atomic mass is 10.1. The van der Waals surface area contributed by atoms with Crippen molar-refractivity contribution in [2.45, 2.75) is 13.3 Å². The number of carbonyl (C=O) groups excluding carboxylic acids is 3. The quantitative estimate of drug-likeness (QED) is 0.674. The van der Waals surface area contributed by atoms with Crippen molar-refractivity contribution in [3.8, 4) is 0 Å². The molecule has 1 heterocycles. The summed E-state index contributed by atoms with van der Waals surface area (Å²) in [5.41, 5.74) is 1.78. The number of nitrogens with one attached hydrogen (secondary N) is 1. The summed E-state index contributed by atoms with van der Waals surface area (Å²) >= 11 is 17.9. The Labute approximate surface area is 182 Å². The van der Waals surface area contributed by atoms with E-state index in [1.807, 2.05) is 6.92 Å². The first kappa shape index (κ1) is 21.4. The fourth-order valence-corrected chi connectivity index (χ4v) is 3.64. The number of rotatable bonds is 5. The topological polar surface area (TPSA) is 75.7 Å². The number of anilines is 2. The summed E-state index contributed by atoms with van der Waals surface area (Å²) in [5.74, 6) is -2.02. The third kappa shape index (κ3) is 5.01. The van der Waals surface area contributed by atoms with Crippen molar-refractivity contribution in [2.75, 3.05) is 23.4 Å². The van der Waals surface area contributed by atoms with E-state index in [0.29, 0.717) is 21.4 Å². The average Bonchev–Trinajstić information content (AvgIpc) is 3.06. The first-order valence-electron chi connectivity index (χ1n) is 8.73. The molecule has 0 aliphatic carbocycles. The Bertz CT molecular complexity index is 980. The number of ether oxygens (including phenoxy) is 1. The molecule has 2 aromatic rings. The van der Waals surface area contributed by atoms with Crippen LogP contribution in [0.2, 0.25) is 15.1 Å². The summed E-state index contributed by atoms with van der Waals surface area (Å²) in [6.07, 6.45) is 0.00934. The largest absolute Gasteiger partial charge is 0.455 e. The van der Waals surface area contributed by atoms with Crippen LogP contribution in [-0.4, -0.2) is 30.9 Å². The number of amides is 2. The maximum absolute atomic E-state index is 12.4. The molecule has 1 aliphatic rings. The van der Waals surface area contributed by atoms with Crippen LogP contribution in [0.5, 0.6) is 0 Å². The Kier molecular flexibility index (Phi) is 6.67. The third-order valence-corrected chi connectivity index (χ3v) is 5.50. The second-order valence-electron chi connectivity index (χ2n) is 6.57. The highest BCUT2D eigenvalue weighted by atomic mass is 35.5. The number of hydrogen-bond donors (Lipinski definition) is 1. The van der Waals surface area contributed by atoms with E-state index in [2.05, 4.69) is 5.32 Å². The summed E-state index contributed by atoms with van der Waals surface area (Å²) in [6.45, 7) is 1.49. The van der Waals surface area contributed by atoms with Gasteiger partial charge in [-0.2, -0.15) is 0 Å². The first-order chi connectivity index (χ1) is 13.8. The second kappa shape index (κ2) is 9.03. The van der Waals surface area contributed by atoms with E-state index in [-0.39, 0.29) is 23.9 Å². The smallest absolute Gasteiger partial charge is 0.311 e. The third-order valence-electron chi connectivity index (χ3n) is 4.54. The van der Waals surface area contributed by atoms with Gasteiger partial charge < -0.3 is 15.0 Å². The van der Waals surface area contributed by atoms with Gasteiger partial charge in [-0.05, 0) is 42.8 Å². The molecule has 3 rings (SSSR count). The molecule has 152 valence electrons. The van der Waals surface area contributed by atoms with Crippen molar-refractivity contribution in [3.63, 3.8) is 0 Å². The molecular formula is C20H17Cl3N2O4. The zero-order valence-electron chi connectivity index (χ0n) is 15.4. The number of halogens is 3. The van der Waals surface area contributed by atoms with Gasteiger partial charge in [0.1, 0.15) is 0 Å². The highest BCUT2D eigenvalue weighted by Crippen LogP contribution is 2.32. The van der Waals surface area contributed by atoms with E-state index in [1.165, 1.54) is 11.0 Å². The van der Waals surface area contributed by atoms with E-state index in [0.717, 1.165) is 5.56 Å². The van der Waals surface area contributed by atoms with Crippen molar-refractivity contribution < 1.29 is 19.1 Å². The highest BCUT2D eigenvalue weighted by Gasteiger charge is 2.37. The van der Waals surface area contributed by atoms with Gasteiger partial charge in [-0.25, -0.2) is 0 Å². The van der Waals surface area contributed by atoms with Crippen LogP contribution < -0.4 is 10.2 Å². The number of nitrogens with zero attached hydrogens (tertiary/aromatic N) is 1. The monoisotopic (exact) mass is 454 g/mol. The minimum absolute atomic E-state index is 0.00934. The van der Waals surface area contributed by atoms with Crippen LogP contribution in [0.3, 0.4) is 0 Å². The molecular weight excluding hydrogens is 439 g/mol. The average molecular weight is 456 g/mol. The lowest BCUT2D eigenvalue weighted by Gasteiger charge is -2.19. The summed E-state index contributed by atoms with van der Waals surface area (Å²) in [7, 11) is 0. The van der Waals surface area contributed by atoms with E-state index >= 15 is 0 Å². The number of benzene rings is 2. The molecule has 2 aromatic carbocycles. The van der Waals surface area contributed by atoms with Gasteiger partial charge in [-0.3, -0.25) is 14.4 Å². The molecule has 0 bridgehead atoms. The highest BCUT2D eigenvalue weighted by molar-refractivity contribution is 6.36. The van der Waals surface area contributed by atoms with Crippen molar-refractivity contribution in [2.24, 2.45) is 5.92 Å². The number of esters is 1. The Morgan fingerprint density at radius 1 is 1.17 bits per heavy atom. The molecule has 2 amide bonds. The molecule has 1 N–H and O–H groups in total. The first-order valence-corrected chi connectivity index (χ1v) is 9.86. The van der Waals surface area contributed by atoms with Gasteiger partial charge in [0.15, 0.2) is 6.61 Å². The predicted octanol–water partition coefficient (Wildman–Crippen LogP) is 4.49. The Morgan fingerprint density at radius 2 is 1.93 bits per heavy atom. The lowest BCUT2D eigenvalue weighted by molar-refractivity contribution is -0.151. The van der Waals surface area contributed by atoms with Crippen molar-refractivity contribution in [1.82, 2.24) is 0 Å². The van der Waals surface area contributed by atoms with Gasteiger partial charge in [0, 0.05) is 28.7 Å². The summed E-state index contributed by atoms with van der Waals surface area (Å²) in [5, 5.41) is 3.79. The fraction of sp³-hybridized carbons (Fsp3) is 0.250. The molecule has 1 aliphatic heterocycles. The minimum Gasteiger partial charge on any atom is -0.455 e. The summed E-state index contributed by atoms with van der Waals surface area (Å²) < 4.78 is 5.08. The fourth-order valence-electron chi connectivity index (χ4n) is 3.02. The van der Waals surface area contributed by atoms with Crippen LogP contribution in [0.4, 0.5) is 11.4 Å². The molecule has 0 aromatic heterocycles. The van der Waals surface area contributed by atoms with Crippen LogP contribution in [0, 0.1) is 12.8 Å². The van der Waals surface area contributed by atoms with Gasteiger partial charge in [-0.15, -0.1) is 0 Å². The van der Waals surface area contributed by atoms with Gasteiger partial charge >= 0.3 is 5.97 Å². The minimum atomic E-state index is -0.659. The van der Waals surface area contributed by atoms with Crippen molar-refractivity contribution >= 4 is 64.0 Å². The van der Waals surface area contributed by atoms with E-state index in [9.17, 15) is 14.4 Å². The van der Waals surface area contributed by atoms with Crippen LogP contribution >= 0.6 is 34.8 Å². The van der Waals surface area contributed by atoms with Crippen molar-refractivity contribution in [3.05, 3.63) is 57.0 Å². The molecule has 0 radical (unpaired) electrons. The van der Waals surface area contributed by atoms with Gasteiger partial charge in [0.25, 0.3) is 5.91 Å². The molecule has 1 saturated heterocycles. The molecule has 0 spiro atoms. The molecule has 0 saturated carbocycles. The standard InChI is InChI=1S/C20H17Cl3N2O4/c1-11-14(22)3-2-4-17(11)25-9-12(7-19(25)27)20(28)29-10-18(26)24-16-6-5-13(21)8-15(16)23/h2-6,8,12H,7,9-10H2,1H3,(H,24,26)/t12-/m0/s1. The van der Waals surface area contributed by atoms with Gasteiger partial charge in [-0.1, -0.05) is 40.9 Å². The number of hydrogen-bond acceptors (Lipinski definition) is 4. The Morgan fingerprint density at radius 3 is 2.66 bits per heavy atom. The Balaban J connectivity index is 1.56. The van der Waals surface area contributed by atoms with Crippen LogP contribution in [0.25, 0.3) is 0 Å². The van der Waals surface area contributed by atoms with Crippen LogP contribution in [0.15, 0.2) is 36.4 Å². The van der Waals surface area contributed by atoms with Gasteiger partial charge in [0.2, 0.25) is 5.91 Å². The molecule has 1 fully saturated rings. The molecule has 6 nitrogen and oxygen atoms in total. The summed E-state index contributed by atoms with van der Waals surface area (Å²) in [6, 6.07) is 9.86. The predicted molar refractivity (Wildman–Crippen MR) is 113 cm³/mol. The van der Waals surface area contributed by atoms with Crippen molar-refractivity contribution in [1.29, 1.82) is 0 Å². The SMILES string of the molecule is Cc1c(Cl)cccc1N1C[C@@H](C(=O)OCC(=O)Nc2ccc(Cl)cc2Cl)CC1=O. The molecule has 29 heavy (non-hydrogen) atoms. The molecule has 1 atom stereocenters. The zero-order chi connectivity index (χ0) is 21.1. The van der Waals surface area contributed by atoms with Gasteiger partial charge in [0.05, 0.1) is 16.6 Å². The van der Waals surface area contributed by atoms with E-state index < -0.39 is 24.4 Å². The second-order valence-corrected chi connectivity index (χ2v) is 7.82. The van der Waals surface area contributed by atoms with Crippen LogP contribution in [-0.2, 0) is 19.1 Å². The lowest BCUT2D eigenvalue weighted by Crippen LogP contribution is -2.28.